The molecule has 3 heterocycles. The molecule has 0 aliphatic carbocycles. The highest BCUT2D eigenvalue weighted by molar-refractivity contribution is 5.62. The number of fused-ring (bicyclic) bond motifs is 2. The molecule has 3 rings (SSSR count). The average Bonchev–Trinajstić information content (AvgIpc) is 2.62. The first kappa shape index (κ1) is 13.4. The van der Waals surface area contributed by atoms with Gasteiger partial charge in [-0.1, -0.05) is 0 Å². The summed E-state index contributed by atoms with van der Waals surface area (Å²) < 4.78 is 0. The van der Waals surface area contributed by atoms with Crippen LogP contribution in [0, 0.1) is 25.2 Å². The SMILES string of the molecule is Cc1cc(N2CCC3CCC(C2)N3C)c(C#N)c(C)n1. The van der Waals surface area contributed by atoms with Crippen molar-refractivity contribution in [2.24, 2.45) is 0 Å². The van der Waals surface area contributed by atoms with Gasteiger partial charge in [0.1, 0.15) is 6.07 Å². The van der Waals surface area contributed by atoms with Crippen LogP contribution >= 0.6 is 0 Å². The Morgan fingerprint density at radius 1 is 1.25 bits per heavy atom. The number of aryl methyl sites for hydroxylation is 2. The maximum absolute atomic E-state index is 9.45. The highest BCUT2D eigenvalue weighted by Crippen LogP contribution is 2.32. The lowest BCUT2D eigenvalue weighted by molar-refractivity contribution is 0.254. The van der Waals surface area contributed by atoms with E-state index in [1.165, 1.54) is 19.3 Å². The summed E-state index contributed by atoms with van der Waals surface area (Å²) in [5.41, 5.74) is 3.68. The van der Waals surface area contributed by atoms with E-state index in [1.54, 1.807) is 0 Å². The van der Waals surface area contributed by atoms with Crippen molar-refractivity contribution in [2.45, 2.75) is 45.2 Å². The van der Waals surface area contributed by atoms with Crippen molar-refractivity contribution < 1.29 is 0 Å². The maximum Gasteiger partial charge on any atom is 0.103 e. The smallest absolute Gasteiger partial charge is 0.103 e. The monoisotopic (exact) mass is 270 g/mol. The van der Waals surface area contributed by atoms with Crippen molar-refractivity contribution in [1.82, 2.24) is 9.88 Å². The molecule has 2 aliphatic heterocycles. The molecule has 20 heavy (non-hydrogen) atoms. The minimum absolute atomic E-state index is 0.628. The molecule has 4 nitrogen and oxygen atoms in total. The van der Waals surface area contributed by atoms with Crippen LogP contribution in [0.5, 0.6) is 0 Å². The summed E-state index contributed by atoms with van der Waals surface area (Å²) in [6.07, 6.45) is 3.80. The Morgan fingerprint density at radius 2 is 2.00 bits per heavy atom. The van der Waals surface area contributed by atoms with E-state index >= 15 is 0 Å². The van der Waals surface area contributed by atoms with Gasteiger partial charge in [-0.3, -0.25) is 9.88 Å². The van der Waals surface area contributed by atoms with Gasteiger partial charge in [0, 0.05) is 30.9 Å². The van der Waals surface area contributed by atoms with Crippen LogP contribution in [0.2, 0.25) is 0 Å². The van der Waals surface area contributed by atoms with Gasteiger partial charge in [-0.2, -0.15) is 5.26 Å². The van der Waals surface area contributed by atoms with Crippen LogP contribution in [0.15, 0.2) is 6.07 Å². The molecule has 2 atom stereocenters. The molecule has 0 N–H and O–H groups in total. The van der Waals surface area contributed by atoms with Crippen molar-refractivity contribution in [1.29, 1.82) is 5.26 Å². The van der Waals surface area contributed by atoms with E-state index in [2.05, 4.69) is 34.0 Å². The number of nitrogens with zero attached hydrogens (tertiary/aromatic N) is 4. The Morgan fingerprint density at radius 3 is 2.75 bits per heavy atom. The Labute approximate surface area is 121 Å². The van der Waals surface area contributed by atoms with Crippen molar-refractivity contribution in [2.75, 3.05) is 25.0 Å². The van der Waals surface area contributed by atoms with Crippen LogP contribution in [0.25, 0.3) is 0 Å². The average molecular weight is 270 g/mol. The highest BCUT2D eigenvalue weighted by atomic mass is 15.3. The van der Waals surface area contributed by atoms with E-state index < -0.39 is 0 Å². The molecule has 2 unspecified atom stereocenters. The van der Waals surface area contributed by atoms with Gasteiger partial charge in [0.05, 0.1) is 16.9 Å². The van der Waals surface area contributed by atoms with E-state index in [0.29, 0.717) is 6.04 Å². The summed E-state index contributed by atoms with van der Waals surface area (Å²) in [5.74, 6) is 0. The van der Waals surface area contributed by atoms with E-state index in [9.17, 15) is 5.26 Å². The van der Waals surface area contributed by atoms with E-state index in [1.807, 2.05) is 13.8 Å². The molecular formula is C16H22N4. The van der Waals surface area contributed by atoms with Gasteiger partial charge in [0.2, 0.25) is 0 Å². The second-order valence-corrected chi connectivity index (χ2v) is 6.14. The largest absolute Gasteiger partial charge is 0.369 e. The molecule has 4 heteroatoms. The molecule has 1 aromatic rings. The minimum atomic E-state index is 0.628. The number of likely N-dealkylation sites (N-methyl/N-ethyl adjacent to an activating group) is 1. The lowest BCUT2D eigenvalue weighted by Gasteiger charge is -2.28. The van der Waals surface area contributed by atoms with Gasteiger partial charge in [-0.05, 0) is 46.2 Å². The zero-order valence-electron chi connectivity index (χ0n) is 12.6. The standard InChI is InChI=1S/C16H22N4/c1-11-8-16(15(9-17)12(2)18-11)20-7-6-13-4-5-14(10-20)19(13)3/h8,13-14H,4-7,10H2,1-3H3. The summed E-state index contributed by atoms with van der Waals surface area (Å²) in [6.45, 7) is 6.02. The Hall–Kier alpha value is -1.60. The summed E-state index contributed by atoms with van der Waals surface area (Å²) in [5, 5.41) is 9.45. The Balaban J connectivity index is 1.96. The number of anilines is 1. The number of hydrogen-bond acceptors (Lipinski definition) is 4. The summed E-state index contributed by atoms with van der Waals surface area (Å²) in [4.78, 5) is 9.36. The number of rotatable bonds is 1. The first-order valence-corrected chi connectivity index (χ1v) is 7.45. The first-order valence-electron chi connectivity index (χ1n) is 7.45. The number of hydrogen-bond donors (Lipinski definition) is 0. The van der Waals surface area contributed by atoms with Crippen LogP contribution in [-0.2, 0) is 0 Å². The second kappa shape index (κ2) is 5.06. The number of aromatic nitrogens is 1. The fourth-order valence-corrected chi connectivity index (χ4v) is 3.72. The zero-order chi connectivity index (χ0) is 14.3. The third kappa shape index (κ3) is 2.16. The fraction of sp³-hybridized carbons (Fsp3) is 0.625. The molecule has 0 radical (unpaired) electrons. The Kier molecular flexibility index (Phi) is 3.39. The maximum atomic E-state index is 9.45. The van der Waals surface area contributed by atoms with E-state index in [4.69, 9.17) is 0 Å². The van der Waals surface area contributed by atoms with Gasteiger partial charge in [0.25, 0.3) is 0 Å². The van der Waals surface area contributed by atoms with Crippen LogP contribution < -0.4 is 4.90 Å². The molecule has 0 aromatic carbocycles. The molecular weight excluding hydrogens is 248 g/mol. The lowest BCUT2D eigenvalue weighted by atomic mass is 10.1. The van der Waals surface area contributed by atoms with Gasteiger partial charge in [-0.15, -0.1) is 0 Å². The van der Waals surface area contributed by atoms with Gasteiger partial charge >= 0.3 is 0 Å². The van der Waals surface area contributed by atoms with Gasteiger partial charge < -0.3 is 4.90 Å². The van der Waals surface area contributed by atoms with Crippen molar-refractivity contribution in [3.05, 3.63) is 23.0 Å². The normalized spacial score (nSPS) is 26.4. The first-order chi connectivity index (χ1) is 9.60. The second-order valence-electron chi connectivity index (χ2n) is 6.14. The van der Waals surface area contributed by atoms with Crippen molar-refractivity contribution >= 4 is 5.69 Å². The predicted octanol–water partition coefficient (Wildman–Crippen LogP) is 2.24. The third-order valence-electron chi connectivity index (χ3n) is 4.91. The van der Waals surface area contributed by atoms with Crippen LogP contribution in [0.3, 0.4) is 0 Å². The minimum Gasteiger partial charge on any atom is -0.369 e. The summed E-state index contributed by atoms with van der Waals surface area (Å²) in [7, 11) is 2.25. The van der Waals surface area contributed by atoms with Gasteiger partial charge in [-0.25, -0.2) is 0 Å². The number of pyridine rings is 1. The lowest BCUT2D eigenvalue weighted by Crippen LogP contribution is -2.37. The molecule has 0 spiro atoms. The molecule has 2 bridgehead atoms. The molecule has 2 saturated heterocycles. The van der Waals surface area contributed by atoms with Crippen LogP contribution in [-0.4, -0.2) is 42.1 Å². The quantitative estimate of drug-likeness (QED) is 0.785. The molecule has 1 aromatic heterocycles. The molecule has 0 amide bonds. The molecule has 106 valence electrons. The number of nitriles is 1. The molecule has 2 aliphatic rings. The molecule has 2 fully saturated rings. The summed E-state index contributed by atoms with van der Waals surface area (Å²) in [6, 6.07) is 5.77. The van der Waals surface area contributed by atoms with E-state index in [-0.39, 0.29) is 0 Å². The van der Waals surface area contributed by atoms with Crippen molar-refractivity contribution in [3.63, 3.8) is 0 Å². The zero-order valence-corrected chi connectivity index (χ0v) is 12.6. The predicted molar refractivity (Wildman–Crippen MR) is 79.8 cm³/mol. The van der Waals surface area contributed by atoms with Crippen LogP contribution in [0.4, 0.5) is 5.69 Å². The fourth-order valence-electron chi connectivity index (χ4n) is 3.72. The third-order valence-corrected chi connectivity index (χ3v) is 4.91. The van der Waals surface area contributed by atoms with E-state index in [0.717, 1.165) is 41.8 Å². The highest BCUT2D eigenvalue weighted by Gasteiger charge is 2.35. The van der Waals surface area contributed by atoms with Crippen LogP contribution in [0.1, 0.15) is 36.2 Å². The molecule has 0 saturated carbocycles. The van der Waals surface area contributed by atoms with Crippen molar-refractivity contribution in [3.8, 4) is 6.07 Å². The van der Waals surface area contributed by atoms with Gasteiger partial charge in [0.15, 0.2) is 0 Å². The Bertz CT molecular complexity index is 560. The topological polar surface area (TPSA) is 43.2 Å². The summed E-state index contributed by atoms with van der Waals surface area (Å²) >= 11 is 0.